The Hall–Kier alpha value is -0.300. The first-order chi connectivity index (χ1) is 6.60. The minimum atomic E-state index is 0.578. The normalized spacial score (nSPS) is 15.1. The van der Waals surface area contributed by atoms with Gasteiger partial charge in [0.25, 0.3) is 0 Å². The first kappa shape index (κ1) is 13.7. The molecule has 0 saturated heterocycles. The lowest BCUT2D eigenvalue weighted by molar-refractivity contribution is 0.402. The molecule has 0 saturated carbocycles. The standard InChI is InChI=1S/C13H27N/c1-6-8-9-13(7-2)14-12(5)10-11(3)4/h12-14H,3,6-10H2,1-2,4-5H3. The minimum absolute atomic E-state index is 0.578. The van der Waals surface area contributed by atoms with Gasteiger partial charge in [-0.3, -0.25) is 0 Å². The zero-order chi connectivity index (χ0) is 11.0. The largest absolute Gasteiger partial charge is 0.311 e. The van der Waals surface area contributed by atoms with Crippen molar-refractivity contribution in [2.45, 2.75) is 71.9 Å². The molecule has 2 unspecified atom stereocenters. The van der Waals surface area contributed by atoms with Gasteiger partial charge >= 0.3 is 0 Å². The van der Waals surface area contributed by atoms with Crippen LogP contribution in [0.15, 0.2) is 12.2 Å². The van der Waals surface area contributed by atoms with Crippen molar-refractivity contribution < 1.29 is 0 Å². The summed E-state index contributed by atoms with van der Waals surface area (Å²) in [7, 11) is 0. The van der Waals surface area contributed by atoms with Crippen LogP contribution in [0.1, 0.15) is 59.8 Å². The topological polar surface area (TPSA) is 12.0 Å². The van der Waals surface area contributed by atoms with E-state index in [9.17, 15) is 0 Å². The summed E-state index contributed by atoms with van der Waals surface area (Å²) in [5.41, 5.74) is 1.27. The highest BCUT2D eigenvalue weighted by atomic mass is 14.9. The SMILES string of the molecule is C=C(C)CC(C)NC(CC)CCCC. The van der Waals surface area contributed by atoms with E-state index in [4.69, 9.17) is 0 Å². The summed E-state index contributed by atoms with van der Waals surface area (Å²) in [4.78, 5) is 0. The maximum Gasteiger partial charge on any atom is 0.00782 e. The molecule has 0 aliphatic heterocycles. The lowest BCUT2D eigenvalue weighted by Crippen LogP contribution is -2.36. The van der Waals surface area contributed by atoms with Gasteiger partial charge in [0.1, 0.15) is 0 Å². The summed E-state index contributed by atoms with van der Waals surface area (Å²) in [6.45, 7) is 12.8. The molecule has 0 aromatic rings. The molecule has 14 heavy (non-hydrogen) atoms. The van der Waals surface area contributed by atoms with Crippen molar-refractivity contribution in [2.24, 2.45) is 0 Å². The van der Waals surface area contributed by atoms with E-state index in [0.717, 1.165) is 6.42 Å². The van der Waals surface area contributed by atoms with Gasteiger partial charge in [-0.15, -0.1) is 6.58 Å². The molecule has 0 aromatic carbocycles. The molecule has 0 bridgehead atoms. The second kappa shape index (κ2) is 8.05. The van der Waals surface area contributed by atoms with E-state index in [1.165, 1.54) is 31.3 Å². The predicted molar refractivity (Wildman–Crippen MR) is 65.6 cm³/mol. The van der Waals surface area contributed by atoms with Gasteiger partial charge in [0.2, 0.25) is 0 Å². The lowest BCUT2D eigenvalue weighted by atomic mass is 10.0. The van der Waals surface area contributed by atoms with Crippen LogP contribution in [0.5, 0.6) is 0 Å². The molecule has 0 rings (SSSR count). The summed E-state index contributed by atoms with van der Waals surface area (Å²) >= 11 is 0. The average Bonchev–Trinajstić information content (AvgIpc) is 2.10. The van der Waals surface area contributed by atoms with E-state index in [2.05, 4.69) is 39.6 Å². The third kappa shape index (κ3) is 7.14. The lowest BCUT2D eigenvalue weighted by Gasteiger charge is -2.22. The molecule has 2 atom stereocenters. The third-order valence-electron chi connectivity index (χ3n) is 2.57. The molecule has 1 heteroatoms. The Balaban J connectivity index is 3.73. The van der Waals surface area contributed by atoms with Crippen LogP contribution in [0.4, 0.5) is 0 Å². The van der Waals surface area contributed by atoms with Gasteiger partial charge in [-0.25, -0.2) is 0 Å². The van der Waals surface area contributed by atoms with Gasteiger partial charge in [-0.1, -0.05) is 32.3 Å². The Morgan fingerprint density at radius 2 is 2.00 bits per heavy atom. The Morgan fingerprint density at radius 1 is 1.36 bits per heavy atom. The van der Waals surface area contributed by atoms with Gasteiger partial charge in [-0.2, -0.15) is 0 Å². The Labute approximate surface area is 90.0 Å². The fraction of sp³-hybridized carbons (Fsp3) is 0.846. The summed E-state index contributed by atoms with van der Waals surface area (Å²) in [6.07, 6.45) is 6.29. The minimum Gasteiger partial charge on any atom is -0.311 e. The fourth-order valence-corrected chi connectivity index (χ4v) is 1.84. The van der Waals surface area contributed by atoms with Crippen LogP contribution in [-0.4, -0.2) is 12.1 Å². The van der Waals surface area contributed by atoms with Crippen LogP contribution in [0.3, 0.4) is 0 Å². The van der Waals surface area contributed by atoms with Crippen LogP contribution >= 0.6 is 0 Å². The van der Waals surface area contributed by atoms with Crippen LogP contribution < -0.4 is 5.32 Å². The Bertz CT molecular complexity index is 151. The highest BCUT2D eigenvalue weighted by molar-refractivity contribution is 4.92. The number of hydrogen-bond donors (Lipinski definition) is 1. The molecule has 1 N–H and O–H groups in total. The van der Waals surface area contributed by atoms with Crippen LogP contribution in [0.2, 0.25) is 0 Å². The second-order valence-electron chi connectivity index (χ2n) is 4.48. The Morgan fingerprint density at radius 3 is 2.43 bits per heavy atom. The molecule has 1 nitrogen and oxygen atoms in total. The monoisotopic (exact) mass is 197 g/mol. The van der Waals surface area contributed by atoms with Gasteiger partial charge in [0, 0.05) is 12.1 Å². The van der Waals surface area contributed by atoms with Gasteiger partial charge < -0.3 is 5.32 Å². The maximum absolute atomic E-state index is 3.95. The number of hydrogen-bond acceptors (Lipinski definition) is 1. The van der Waals surface area contributed by atoms with E-state index in [1.807, 2.05) is 0 Å². The third-order valence-corrected chi connectivity index (χ3v) is 2.57. The van der Waals surface area contributed by atoms with Crippen LogP contribution in [-0.2, 0) is 0 Å². The van der Waals surface area contributed by atoms with E-state index in [0.29, 0.717) is 12.1 Å². The summed E-state index contributed by atoms with van der Waals surface area (Å²) in [5.74, 6) is 0. The van der Waals surface area contributed by atoms with Gasteiger partial charge in [0.05, 0.1) is 0 Å². The molecule has 0 spiro atoms. The first-order valence-corrected chi connectivity index (χ1v) is 6.00. The molecule has 0 aliphatic rings. The number of nitrogens with one attached hydrogen (secondary N) is 1. The molecule has 0 aromatic heterocycles. The molecule has 0 heterocycles. The van der Waals surface area contributed by atoms with Crippen molar-refractivity contribution in [2.75, 3.05) is 0 Å². The highest BCUT2D eigenvalue weighted by Gasteiger charge is 2.09. The van der Waals surface area contributed by atoms with Crippen molar-refractivity contribution >= 4 is 0 Å². The number of unbranched alkanes of at least 4 members (excludes halogenated alkanes) is 1. The number of rotatable bonds is 8. The smallest absolute Gasteiger partial charge is 0.00782 e. The predicted octanol–water partition coefficient (Wildman–Crippen LogP) is 3.90. The van der Waals surface area contributed by atoms with E-state index < -0.39 is 0 Å². The van der Waals surface area contributed by atoms with Crippen LogP contribution in [0, 0.1) is 0 Å². The van der Waals surface area contributed by atoms with Crippen molar-refractivity contribution in [3.63, 3.8) is 0 Å². The molecular formula is C13H27N. The van der Waals surface area contributed by atoms with Crippen molar-refractivity contribution in [3.05, 3.63) is 12.2 Å². The fourth-order valence-electron chi connectivity index (χ4n) is 1.84. The molecule has 0 fully saturated rings. The summed E-state index contributed by atoms with van der Waals surface area (Å²) < 4.78 is 0. The summed E-state index contributed by atoms with van der Waals surface area (Å²) in [5, 5.41) is 3.67. The first-order valence-electron chi connectivity index (χ1n) is 6.00. The quantitative estimate of drug-likeness (QED) is 0.582. The zero-order valence-electron chi connectivity index (χ0n) is 10.4. The van der Waals surface area contributed by atoms with Crippen molar-refractivity contribution in [1.29, 1.82) is 0 Å². The summed E-state index contributed by atoms with van der Waals surface area (Å²) in [6, 6.07) is 1.28. The highest BCUT2D eigenvalue weighted by Crippen LogP contribution is 2.08. The van der Waals surface area contributed by atoms with Gasteiger partial charge in [-0.05, 0) is 33.1 Å². The average molecular weight is 197 g/mol. The van der Waals surface area contributed by atoms with E-state index >= 15 is 0 Å². The van der Waals surface area contributed by atoms with Crippen molar-refractivity contribution in [1.82, 2.24) is 5.32 Å². The molecular weight excluding hydrogens is 170 g/mol. The Kier molecular flexibility index (Phi) is 7.87. The molecule has 0 radical (unpaired) electrons. The molecule has 0 amide bonds. The van der Waals surface area contributed by atoms with Gasteiger partial charge in [0.15, 0.2) is 0 Å². The van der Waals surface area contributed by atoms with E-state index in [-0.39, 0.29) is 0 Å². The molecule has 0 aliphatic carbocycles. The van der Waals surface area contributed by atoms with Crippen LogP contribution in [0.25, 0.3) is 0 Å². The van der Waals surface area contributed by atoms with E-state index in [1.54, 1.807) is 0 Å². The van der Waals surface area contributed by atoms with Crippen molar-refractivity contribution in [3.8, 4) is 0 Å². The second-order valence-corrected chi connectivity index (χ2v) is 4.48. The maximum atomic E-state index is 3.95. The molecule has 84 valence electrons. The zero-order valence-corrected chi connectivity index (χ0v) is 10.4.